The van der Waals surface area contributed by atoms with Gasteiger partial charge in [-0.2, -0.15) is 5.10 Å². The second-order valence-corrected chi connectivity index (χ2v) is 4.64. The summed E-state index contributed by atoms with van der Waals surface area (Å²) in [7, 11) is 1.73. The van der Waals surface area contributed by atoms with Crippen molar-refractivity contribution in [2.75, 3.05) is 5.32 Å². The Morgan fingerprint density at radius 3 is 2.82 bits per heavy atom. The van der Waals surface area contributed by atoms with Gasteiger partial charge in [0.25, 0.3) is 5.91 Å². The first-order valence-electron chi connectivity index (χ1n) is 5.13. The molecule has 17 heavy (non-hydrogen) atoms. The number of halogens is 1. The van der Waals surface area contributed by atoms with Crippen LogP contribution in [0.2, 0.25) is 0 Å². The lowest BCUT2D eigenvalue weighted by Crippen LogP contribution is -2.16. The Balaban J connectivity index is 2.23. The highest BCUT2D eigenvalue weighted by atomic mass is 79.9. The molecule has 0 unspecified atom stereocenters. The zero-order valence-corrected chi connectivity index (χ0v) is 11.2. The number of carbonyl (C=O) groups is 1. The molecule has 0 aliphatic heterocycles. The highest BCUT2D eigenvalue weighted by molar-refractivity contribution is 9.10. The maximum atomic E-state index is 12.0. The molecule has 1 amide bonds. The molecule has 0 aliphatic carbocycles. The lowest BCUT2D eigenvalue weighted by molar-refractivity contribution is 0.101. The molecule has 2 aromatic rings. The second-order valence-electron chi connectivity index (χ2n) is 3.79. The van der Waals surface area contributed by atoms with E-state index >= 15 is 0 Å². The Hall–Kier alpha value is -1.62. The van der Waals surface area contributed by atoms with Crippen LogP contribution in [-0.4, -0.2) is 15.7 Å². The molecule has 0 spiro atoms. The van der Waals surface area contributed by atoms with E-state index in [2.05, 4.69) is 26.3 Å². The topological polar surface area (TPSA) is 46.9 Å². The standard InChI is InChI=1S/C12H12BrN3O/c1-8-4-3-5-9(6-8)15-12(17)11-10(13)7-14-16(11)2/h3-7H,1-2H3,(H,15,17). The molecule has 0 bridgehead atoms. The number of nitrogens with zero attached hydrogens (tertiary/aromatic N) is 2. The van der Waals surface area contributed by atoms with E-state index in [4.69, 9.17) is 0 Å². The van der Waals surface area contributed by atoms with Crippen molar-refractivity contribution in [3.8, 4) is 0 Å². The smallest absolute Gasteiger partial charge is 0.275 e. The van der Waals surface area contributed by atoms with Gasteiger partial charge in [-0.15, -0.1) is 0 Å². The summed E-state index contributed by atoms with van der Waals surface area (Å²) in [5, 5.41) is 6.84. The van der Waals surface area contributed by atoms with Gasteiger partial charge in [0.15, 0.2) is 0 Å². The molecule has 1 aromatic carbocycles. The zero-order valence-electron chi connectivity index (χ0n) is 9.57. The van der Waals surface area contributed by atoms with Crippen molar-refractivity contribution < 1.29 is 4.79 Å². The van der Waals surface area contributed by atoms with Crippen LogP contribution in [0.1, 0.15) is 16.1 Å². The van der Waals surface area contributed by atoms with Crippen molar-refractivity contribution in [3.63, 3.8) is 0 Å². The van der Waals surface area contributed by atoms with E-state index < -0.39 is 0 Å². The van der Waals surface area contributed by atoms with E-state index in [1.54, 1.807) is 13.2 Å². The van der Waals surface area contributed by atoms with Gasteiger partial charge >= 0.3 is 0 Å². The summed E-state index contributed by atoms with van der Waals surface area (Å²) in [6.45, 7) is 1.98. The largest absolute Gasteiger partial charge is 0.321 e. The van der Waals surface area contributed by atoms with E-state index in [0.29, 0.717) is 10.2 Å². The number of aryl methyl sites for hydroxylation is 2. The van der Waals surface area contributed by atoms with E-state index in [9.17, 15) is 4.79 Å². The van der Waals surface area contributed by atoms with Crippen LogP contribution < -0.4 is 5.32 Å². The average molecular weight is 294 g/mol. The van der Waals surface area contributed by atoms with E-state index in [1.807, 2.05) is 31.2 Å². The molecule has 4 nitrogen and oxygen atoms in total. The number of nitrogens with one attached hydrogen (secondary N) is 1. The minimum atomic E-state index is -0.178. The van der Waals surface area contributed by atoms with Gasteiger partial charge in [-0.1, -0.05) is 12.1 Å². The van der Waals surface area contributed by atoms with Gasteiger partial charge in [0, 0.05) is 12.7 Å². The number of aromatic nitrogens is 2. The molecule has 0 atom stereocenters. The van der Waals surface area contributed by atoms with Crippen LogP contribution in [0.25, 0.3) is 0 Å². The Morgan fingerprint density at radius 1 is 1.47 bits per heavy atom. The van der Waals surface area contributed by atoms with Crippen LogP contribution in [-0.2, 0) is 7.05 Å². The number of anilines is 1. The maximum Gasteiger partial charge on any atom is 0.275 e. The van der Waals surface area contributed by atoms with Crippen molar-refractivity contribution in [1.29, 1.82) is 0 Å². The summed E-state index contributed by atoms with van der Waals surface area (Å²) < 4.78 is 2.22. The van der Waals surface area contributed by atoms with Crippen LogP contribution in [0.3, 0.4) is 0 Å². The van der Waals surface area contributed by atoms with Crippen molar-refractivity contribution in [1.82, 2.24) is 9.78 Å². The minimum absolute atomic E-state index is 0.178. The first-order chi connectivity index (χ1) is 8.08. The molecular formula is C12H12BrN3O. The van der Waals surface area contributed by atoms with Crippen LogP contribution in [0.15, 0.2) is 34.9 Å². The summed E-state index contributed by atoms with van der Waals surface area (Å²) in [4.78, 5) is 12.0. The third-order valence-electron chi connectivity index (χ3n) is 2.39. The number of rotatable bonds is 2. The normalized spacial score (nSPS) is 10.3. The van der Waals surface area contributed by atoms with Crippen LogP contribution in [0, 0.1) is 6.92 Å². The van der Waals surface area contributed by atoms with Crippen molar-refractivity contribution in [2.24, 2.45) is 7.05 Å². The lowest BCUT2D eigenvalue weighted by atomic mass is 10.2. The Labute approximate surface area is 108 Å². The summed E-state index contributed by atoms with van der Waals surface area (Å²) >= 11 is 3.30. The van der Waals surface area contributed by atoms with Crippen LogP contribution in [0.5, 0.6) is 0 Å². The van der Waals surface area contributed by atoms with Gasteiger partial charge in [-0.3, -0.25) is 9.48 Å². The molecule has 1 heterocycles. The van der Waals surface area contributed by atoms with E-state index in [-0.39, 0.29) is 5.91 Å². The fourth-order valence-corrected chi connectivity index (χ4v) is 2.11. The third-order valence-corrected chi connectivity index (χ3v) is 2.97. The van der Waals surface area contributed by atoms with Gasteiger partial charge < -0.3 is 5.32 Å². The second kappa shape index (κ2) is 4.71. The summed E-state index contributed by atoms with van der Waals surface area (Å²) in [5.74, 6) is -0.178. The molecule has 0 fully saturated rings. The van der Waals surface area contributed by atoms with Crippen LogP contribution >= 0.6 is 15.9 Å². The Kier molecular flexibility index (Phi) is 3.28. The fourth-order valence-electron chi connectivity index (χ4n) is 1.58. The molecule has 88 valence electrons. The molecule has 0 aliphatic rings. The molecule has 0 saturated heterocycles. The van der Waals surface area contributed by atoms with Crippen molar-refractivity contribution in [2.45, 2.75) is 6.92 Å². The van der Waals surface area contributed by atoms with E-state index in [0.717, 1.165) is 11.3 Å². The molecular weight excluding hydrogens is 282 g/mol. The quantitative estimate of drug-likeness (QED) is 0.925. The summed E-state index contributed by atoms with van der Waals surface area (Å²) in [6.07, 6.45) is 1.60. The minimum Gasteiger partial charge on any atom is -0.321 e. The number of carbonyl (C=O) groups excluding carboxylic acids is 1. The van der Waals surface area contributed by atoms with Gasteiger partial charge in [-0.05, 0) is 40.5 Å². The first kappa shape index (κ1) is 11.9. The summed E-state index contributed by atoms with van der Waals surface area (Å²) in [6, 6.07) is 7.66. The molecule has 0 radical (unpaired) electrons. The average Bonchev–Trinajstić information content (AvgIpc) is 2.58. The predicted molar refractivity (Wildman–Crippen MR) is 70.0 cm³/mol. The van der Waals surface area contributed by atoms with Gasteiger partial charge in [0.05, 0.1) is 10.7 Å². The molecule has 1 aromatic heterocycles. The molecule has 1 N–H and O–H groups in total. The number of benzene rings is 1. The Morgan fingerprint density at radius 2 is 2.24 bits per heavy atom. The fraction of sp³-hybridized carbons (Fsp3) is 0.167. The highest BCUT2D eigenvalue weighted by Gasteiger charge is 2.15. The number of hydrogen-bond acceptors (Lipinski definition) is 2. The lowest BCUT2D eigenvalue weighted by Gasteiger charge is -2.06. The highest BCUT2D eigenvalue weighted by Crippen LogP contribution is 2.17. The zero-order chi connectivity index (χ0) is 12.4. The first-order valence-corrected chi connectivity index (χ1v) is 5.93. The van der Waals surface area contributed by atoms with Gasteiger partial charge in [0.1, 0.15) is 5.69 Å². The summed E-state index contributed by atoms with van der Waals surface area (Å²) in [5.41, 5.74) is 2.39. The molecule has 5 heteroatoms. The number of hydrogen-bond donors (Lipinski definition) is 1. The monoisotopic (exact) mass is 293 g/mol. The predicted octanol–water partition coefficient (Wildman–Crippen LogP) is 2.74. The van der Waals surface area contributed by atoms with Crippen molar-refractivity contribution >= 4 is 27.5 Å². The SMILES string of the molecule is Cc1cccc(NC(=O)c2c(Br)cnn2C)c1. The molecule has 2 rings (SSSR count). The maximum absolute atomic E-state index is 12.0. The van der Waals surface area contributed by atoms with Gasteiger partial charge in [-0.25, -0.2) is 0 Å². The van der Waals surface area contributed by atoms with E-state index in [1.165, 1.54) is 4.68 Å². The Bertz CT molecular complexity index is 543. The van der Waals surface area contributed by atoms with Gasteiger partial charge in [0.2, 0.25) is 0 Å². The molecule has 0 saturated carbocycles. The number of amides is 1. The third kappa shape index (κ3) is 2.55. The van der Waals surface area contributed by atoms with Crippen molar-refractivity contribution in [3.05, 3.63) is 46.2 Å². The van der Waals surface area contributed by atoms with Crippen LogP contribution in [0.4, 0.5) is 5.69 Å².